The van der Waals surface area contributed by atoms with Crippen LogP contribution in [0.1, 0.15) is 31.9 Å². The van der Waals surface area contributed by atoms with Crippen LogP contribution in [0.15, 0.2) is 15.5 Å². The summed E-state index contributed by atoms with van der Waals surface area (Å²) in [5.74, 6) is 0.426. The average molecular weight is 396 g/mol. The molecule has 1 fully saturated rings. The average Bonchev–Trinajstić information content (AvgIpc) is 3.19. The van der Waals surface area contributed by atoms with E-state index in [9.17, 15) is 13.8 Å². The van der Waals surface area contributed by atoms with E-state index >= 15 is 0 Å². The third-order valence-electron chi connectivity index (χ3n) is 5.18. The highest BCUT2D eigenvalue weighted by Gasteiger charge is 2.44. The summed E-state index contributed by atoms with van der Waals surface area (Å²) in [5, 5.41) is 4.31. The lowest BCUT2D eigenvalue weighted by atomic mass is 10.2. The molecule has 1 saturated carbocycles. The Labute approximate surface area is 161 Å². The fraction of sp³-hybridized carbons (Fsp3) is 0.722. The van der Waals surface area contributed by atoms with Crippen molar-refractivity contribution in [1.29, 1.82) is 0 Å². The number of hydrogen-bond donors (Lipinski definition) is 0. The van der Waals surface area contributed by atoms with E-state index in [1.54, 1.807) is 23.7 Å². The van der Waals surface area contributed by atoms with Crippen molar-refractivity contribution in [1.82, 2.24) is 19.6 Å². The van der Waals surface area contributed by atoms with Gasteiger partial charge in [0.05, 0.1) is 46.1 Å². The van der Waals surface area contributed by atoms with E-state index in [4.69, 9.17) is 0 Å². The second-order valence-electron chi connectivity index (χ2n) is 7.85. The van der Waals surface area contributed by atoms with E-state index in [0.717, 1.165) is 25.0 Å². The molecule has 1 aromatic rings. The minimum atomic E-state index is -2.90. The highest BCUT2D eigenvalue weighted by Crippen LogP contribution is 2.43. The van der Waals surface area contributed by atoms with Crippen LogP contribution in [0.5, 0.6) is 0 Å². The predicted molar refractivity (Wildman–Crippen MR) is 102 cm³/mol. The molecule has 27 heavy (non-hydrogen) atoms. The van der Waals surface area contributed by atoms with Gasteiger partial charge in [0.25, 0.3) is 5.91 Å². The zero-order chi connectivity index (χ0) is 19.8. The van der Waals surface area contributed by atoms with Crippen LogP contribution in [-0.2, 0) is 32.4 Å². The highest BCUT2D eigenvalue weighted by molar-refractivity contribution is 7.93. The molecule has 2 aliphatic rings. The number of amides is 2. The van der Waals surface area contributed by atoms with Crippen LogP contribution in [-0.4, -0.2) is 69.0 Å². The molecule has 0 bridgehead atoms. The molecule has 0 aromatic carbocycles. The SMILES string of the molecule is CCC[C@@H]1C[C@H]1C(=O)N1CCn2ncc(S(C)(=O)=NC(=O)CN(C)C)c2C1. The molecular weight excluding hydrogens is 366 g/mol. The van der Waals surface area contributed by atoms with Crippen molar-refractivity contribution < 1.29 is 13.8 Å². The van der Waals surface area contributed by atoms with Gasteiger partial charge < -0.3 is 9.80 Å². The summed E-state index contributed by atoms with van der Waals surface area (Å²) in [7, 11) is 0.629. The number of aromatic nitrogens is 2. The van der Waals surface area contributed by atoms with E-state index in [-0.39, 0.29) is 18.4 Å². The Morgan fingerprint density at radius 1 is 1.37 bits per heavy atom. The molecule has 3 rings (SSSR count). The Morgan fingerprint density at radius 2 is 2.11 bits per heavy atom. The molecule has 0 spiro atoms. The Kier molecular flexibility index (Phi) is 5.71. The lowest BCUT2D eigenvalue weighted by Crippen LogP contribution is -2.40. The topological polar surface area (TPSA) is 87.9 Å². The van der Waals surface area contributed by atoms with Gasteiger partial charge in [0.2, 0.25) is 5.91 Å². The smallest absolute Gasteiger partial charge is 0.268 e. The quantitative estimate of drug-likeness (QED) is 0.722. The molecule has 1 unspecified atom stereocenters. The van der Waals surface area contributed by atoms with E-state index in [0.29, 0.717) is 30.4 Å². The van der Waals surface area contributed by atoms with Crippen LogP contribution in [0.3, 0.4) is 0 Å². The van der Waals surface area contributed by atoms with Crippen LogP contribution in [0, 0.1) is 11.8 Å². The molecule has 2 heterocycles. The van der Waals surface area contributed by atoms with Crippen molar-refractivity contribution in [2.24, 2.45) is 16.2 Å². The molecule has 0 radical (unpaired) electrons. The fourth-order valence-corrected chi connectivity index (χ4v) is 5.14. The van der Waals surface area contributed by atoms with E-state index in [2.05, 4.69) is 16.4 Å². The largest absolute Gasteiger partial charge is 0.335 e. The standard InChI is InChI=1S/C18H29N5O3S/c1-5-6-13-9-14(13)18(25)22-7-8-23-15(11-22)16(10-19-23)27(4,26)20-17(24)12-21(2)3/h10,13-14H,5-9,11-12H2,1-4H3/t13-,14-,27?/m1/s1. The maximum absolute atomic E-state index is 13.1. The number of likely N-dealkylation sites (N-methyl/N-ethyl adjacent to an activating group) is 1. The molecule has 1 aliphatic carbocycles. The van der Waals surface area contributed by atoms with Crippen molar-refractivity contribution >= 4 is 21.5 Å². The maximum atomic E-state index is 13.1. The molecule has 0 saturated heterocycles. The van der Waals surface area contributed by atoms with Gasteiger partial charge >= 0.3 is 0 Å². The van der Waals surface area contributed by atoms with Crippen LogP contribution in [0.25, 0.3) is 0 Å². The molecule has 150 valence electrons. The van der Waals surface area contributed by atoms with Crippen LogP contribution < -0.4 is 0 Å². The summed E-state index contributed by atoms with van der Waals surface area (Å²) in [6, 6.07) is 0. The summed E-state index contributed by atoms with van der Waals surface area (Å²) < 4.78 is 18.8. The van der Waals surface area contributed by atoms with Gasteiger partial charge in [0.15, 0.2) is 0 Å². The normalized spacial score (nSPS) is 23.7. The second kappa shape index (κ2) is 7.71. The summed E-state index contributed by atoms with van der Waals surface area (Å²) in [5.41, 5.74) is 0.733. The third kappa shape index (κ3) is 4.40. The molecule has 9 heteroatoms. The molecule has 2 amide bonds. The van der Waals surface area contributed by atoms with E-state index in [1.165, 1.54) is 12.5 Å². The van der Waals surface area contributed by atoms with E-state index in [1.807, 2.05) is 4.90 Å². The first kappa shape index (κ1) is 20.0. The van der Waals surface area contributed by atoms with Gasteiger partial charge in [-0.25, -0.2) is 4.21 Å². The molecule has 8 nitrogen and oxygen atoms in total. The van der Waals surface area contributed by atoms with Crippen molar-refractivity contribution in [2.75, 3.05) is 33.4 Å². The summed E-state index contributed by atoms with van der Waals surface area (Å²) in [6.45, 7) is 3.83. The van der Waals surface area contributed by atoms with Gasteiger partial charge in [0.1, 0.15) is 0 Å². The van der Waals surface area contributed by atoms with Gasteiger partial charge in [0, 0.05) is 18.7 Å². The molecule has 1 aromatic heterocycles. The minimum Gasteiger partial charge on any atom is -0.335 e. The Balaban J connectivity index is 1.78. The fourth-order valence-electron chi connectivity index (χ4n) is 3.74. The van der Waals surface area contributed by atoms with Crippen LogP contribution >= 0.6 is 0 Å². The monoisotopic (exact) mass is 395 g/mol. The zero-order valence-electron chi connectivity index (χ0n) is 16.6. The lowest BCUT2D eigenvalue weighted by molar-refractivity contribution is -0.134. The van der Waals surface area contributed by atoms with Gasteiger partial charge in [-0.2, -0.15) is 9.46 Å². The first-order chi connectivity index (χ1) is 12.7. The van der Waals surface area contributed by atoms with Gasteiger partial charge in [-0.15, -0.1) is 0 Å². The van der Waals surface area contributed by atoms with Crippen molar-refractivity contribution in [2.45, 2.75) is 44.2 Å². The lowest BCUT2D eigenvalue weighted by Gasteiger charge is -2.28. The van der Waals surface area contributed by atoms with Crippen molar-refractivity contribution in [3.8, 4) is 0 Å². The molecule has 0 N–H and O–H groups in total. The molecular formula is C18H29N5O3S. The highest BCUT2D eigenvalue weighted by atomic mass is 32.2. The van der Waals surface area contributed by atoms with Crippen molar-refractivity contribution in [3.05, 3.63) is 11.9 Å². The Morgan fingerprint density at radius 3 is 2.78 bits per heavy atom. The number of carbonyl (C=O) groups excluding carboxylic acids is 2. The van der Waals surface area contributed by atoms with Crippen LogP contribution in [0.4, 0.5) is 0 Å². The molecule has 1 aliphatic heterocycles. The van der Waals surface area contributed by atoms with E-state index < -0.39 is 15.6 Å². The summed E-state index contributed by atoms with van der Waals surface area (Å²) >= 11 is 0. The number of hydrogen-bond acceptors (Lipinski definition) is 5. The first-order valence-corrected chi connectivity index (χ1v) is 11.4. The minimum absolute atomic E-state index is 0.111. The summed E-state index contributed by atoms with van der Waals surface area (Å²) in [4.78, 5) is 28.8. The number of rotatable bonds is 6. The predicted octanol–water partition coefficient (Wildman–Crippen LogP) is 1.21. The van der Waals surface area contributed by atoms with Gasteiger partial charge in [-0.3, -0.25) is 14.3 Å². The second-order valence-corrected chi connectivity index (χ2v) is 10.1. The Bertz CT molecular complexity index is 853. The number of carbonyl (C=O) groups is 2. The van der Waals surface area contributed by atoms with Gasteiger partial charge in [-0.05, 0) is 32.9 Å². The summed E-state index contributed by atoms with van der Waals surface area (Å²) in [6.07, 6.45) is 6.19. The molecule has 3 atom stereocenters. The number of fused-ring (bicyclic) bond motifs is 1. The van der Waals surface area contributed by atoms with Crippen molar-refractivity contribution in [3.63, 3.8) is 0 Å². The Hall–Kier alpha value is -1.74. The number of nitrogens with zero attached hydrogens (tertiary/aromatic N) is 5. The zero-order valence-corrected chi connectivity index (χ0v) is 17.4. The van der Waals surface area contributed by atoms with Crippen LogP contribution in [0.2, 0.25) is 0 Å². The third-order valence-corrected chi connectivity index (χ3v) is 6.89. The maximum Gasteiger partial charge on any atom is 0.268 e. The first-order valence-electron chi connectivity index (χ1n) is 9.46. The van der Waals surface area contributed by atoms with Gasteiger partial charge in [-0.1, -0.05) is 13.3 Å².